The van der Waals surface area contributed by atoms with Crippen molar-refractivity contribution >= 4 is 32.8 Å². The molecule has 1 atom stereocenters. The van der Waals surface area contributed by atoms with Gasteiger partial charge in [-0.15, -0.1) is 0 Å². The second-order valence-corrected chi connectivity index (χ2v) is 6.02. The molecule has 5 nitrogen and oxygen atoms in total. The lowest BCUT2D eigenvalue weighted by molar-refractivity contribution is 0.0597. The molecular weight excluding hydrogens is 357 g/mol. The molecule has 0 saturated carbocycles. The fourth-order valence-electron chi connectivity index (χ4n) is 2.73. The summed E-state index contributed by atoms with van der Waals surface area (Å²) in [5.41, 5.74) is 0.248. The number of aromatic nitrogens is 1. The molecule has 2 aromatic rings. The molecule has 22 heavy (non-hydrogen) atoms. The van der Waals surface area contributed by atoms with Crippen molar-refractivity contribution < 1.29 is 18.7 Å². The molecule has 0 N–H and O–H groups in total. The van der Waals surface area contributed by atoms with E-state index in [2.05, 4.69) is 20.7 Å². The Hall–Kier alpha value is -1.89. The SMILES string of the molecule is COC(=O)c1cc2c(C)c(F)c(Br)c3c2n(c1=O)[C@@H](C)CO3. The first-order valence-corrected chi connectivity index (χ1v) is 7.45. The maximum absolute atomic E-state index is 14.3. The van der Waals surface area contributed by atoms with Crippen LogP contribution in [-0.4, -0.2) is 24.3 Å². The zero-order chi connectivity index (χ0) is 16.2. The van der Waals surface area contributed by atoms with Crippen LogP contribution in [0.5, 0.6) is 5.75 Å². The van der Waals surface area contributed by atoms with Crippen LogP contribution in [0.1, 0.15) is 28.9 Å². The molecule has 0 fully saturated rings. The molecular formula is C15H13BrFNO4. The van der Waals surface area contributed by atoms with Crippen LogP contribution in [0.4, 0.5) is 4.39 Å². The number of hydrogen-bond acceptors (Lipinski definition) is 4. The molecule has 0 bridgehead atoms. The quantitative estimate of drug-likeness (QED) is 0.725. The van der Waals surface area contributed by atoms with E-state index in [0.29, 0.717) is 16.5 Å². The molecule has 0 aliphatic carbocycles. The van der Waals surface area contributed by atoms with Gasteiger partial charge in [0.25, 0.3) is 5.56 Å². The van der Waals surface area contributed by atoms with Gasteiger partial charge in [-0.3, -0.25) is 9.36 Å². The highest BCUT2D eigenvalue weighted by Gasteiger charge is 2.29. The number of carbonyl (C=O) groups is 1. The van der Waals surface area contributed by atoms with Gasteiger partial charge in [0, 0.05) is 5.39 Å². The highest BCUT2D eigenvalue weighted by Crippen LogP contribution is 2.41. The Labute approximate surface area is 133 Å². The Bertz CT molecular complexity index is 874. The molecule has 0 radical (unpaired) electrons. The van der Waals surface area contributed by atoms with Crippen molar-refractivity contribution in [1.82, 2.24) is 4.57 Å². The summed E-state index contributed by atoms with van der Waals surface area (Å²) in [6.45, 7) is 3.61. The molecule has 1 aromatic carbocycles. The monoisotopic (exact) mass is 369 g/mol. The van der Waals surface area contributed by atoms with Gasteiger partial charge in [-0.25, -0.2) is 9.18 Å². The Morgan fingerprint density at radius 2 is 2.23 bits per heavy atom. The number of esters is 1. The van der Waals surface area contributed by atoms with Crippen molar-refractivity contribution in [2.24, 2.45) is 0 Å². The number of rotatable bonds is 1. The number of methoxy groups -OCH3 is 1. The lowest BCUT2D eigenvalue weighted by Crippen LogP contribution is -2.34. The van der Waals surface area contributed by atoms with E-state index < -0.39 is 17.3 Å². The average Bonchev–Trinajstić information content (AvgIpc) is 2.51. The number of pyridine rings is 1. The normalized spacial score (nSPS) is 16.5. The lowest BCUT2D eigenvalue weighted by Gasteiger charge is -2.28. The summed E-state index contributed by atoms with van der Waals surface area (Å²) in [5.74, 6) is -0.929. The van der Waals surface area contributed by atoms with E-state index in [9.17, 15) is 14.0 Å². The van der Waals surface area contributed by atoms with Crippen molar-refractivity contribution in [3.05, 3.63) is 37.8 Å². The fourth-order valence-corrected chi connectivity index (χ4v) is 3.33. The molecule has 0 unspecified atom stereocenters. The second kappa shape index (κ2) is 5.08. The first-order chi connectivity index (χ1) is 10.4. The van der Waals surface area contributed by atoms with Crippen LogP contribution in [0.3, 0.4) is 0 Å². The zero-order valence-corrected chi connectivity index (χ0v) is 13.8. The van der Waals surface area contributed by atoms with Crippen LogP contribution < -0.4 is 10.3 Å². The van der Waals surface area contributed by atoms with Crippen molar-refractivity contribution in [2.45, 2.75) is 19.9 Å². The first kappa shape index (κ1) is 15.0. The number of ether oxygens (including phenoxy) is 2. The Morgan fingerprint density at radius 1 is 1.55 bits per heavy atom. The third-order valence-corrected chi connectivity index (χ3v) is 4.60. The maximum atomic E-state index is 14.3. The van der Waals surface area contributed by atoms with Crippen molar-refractivity contribution in [3.63, 3.8) is 0 Å². The smallest absolute Gasteiger partial charge is 0.343 e. The standard InChI is InChI=1S/C15H13BrFNO4/c1-6-5-22-13-10(16)11(17)7(2)8-4-9(15(20)21-3)14(19)18(6)12(8)13/h4,6H,5H2,1-3H3/t6-/m0/s1. The predicted octanol–water partition coefficient (Wildman–Crippen LogP) is 2.95. The molecule has 1 aliphatic heterocycles. The van der Waals surface area contributed by atoms with E-state index in [1.54, 1.807) is 13.8 Å². The molecule has 3 rings (SSSR count). The molecule has 0 saturated heterocycles. The van der Waals surface area contributed by atoms with Crippen LogP contribution in [0.2, 0.25) is 0 Å². The van der Waals surface area contributed by atoms with E-state index in [1.807, 2.05) is 0 Å². The van der Waals surface area contributed by atoms with Crippen LogP contribution in [0.25, 0.3) is 10.9 Å². The third-order valence-electron chi connectivity index (χ3n) is 3.89. The maximum Gasteiger partial charge on any atom is 0.343 e. The minimum absolute atomic E-state index is 0.112. The van der Waals surface area contributed by atoms with E-state index in [4.69, 9.17) is 4.74 Å². The summed E-state index contributed by atoms with van der Waals surface area (Å²) >= 11 is 3.18. The molecule has 2 heterocycles. The number of benzene rings is 1. The van der Waals surface area contributed by atoms with E-state index in [0.717, 1.165) is 0 Å². The molecule has 0 amide bonds. The van der Waals surface area contributed by atoms with Gasteiger partial charge in [-0.05, 0) is 41.4 Å². The van der Waals surface area contributed by atoms with E-state index in [1.165, 1.54) is 17.7 Å². The number of halogens is 2. The minimum atomic E-state index is -0.737. The number of nitrogens with zero attached hydrogens (tertiary/aromatic N) is 1. The van der Waals surface area contributed by atoms with E-state index in [-0.39, 0.29) is 28.4 Å². The summed E-state index contributed by atoms with van der Waals surface area (Å²) in [6, 6.07) is 1.10. The zero-order valence-electron chi connectivity index (χ0n) is 12.2. The summed E-state index contributed by atoms with van der Waals surface area (Å²) < 4.78 is 26.2. The molecule has 7 heteroatoms. The Balaban J connectivity index is 2.57. The predicted molar refractivity (Wildman–Crippen MR) is 82.1 cm³/mol. The second-order valence-electron chi connectivity index (χ2n) is 5.23. The third kappa shape index (κ3) is 1.88. The molecule has 1 aromatic heterocycles. The highest BCUT2D eigenvalue weighted by atomic mass is 79.9. The topological polar surface area (TPSA) is 57.5 Å². The fraction of sp³-hybridized carbons (Fsp3) is 0.333. The number of hydrogen-bond donors (Lipinski definition) is 0. The number of aryl methyl sites for hydroxylation is 1. The number of carbonyl (C=O) groups excluding carboxylic acids is 1. The summed E-state index contributed by atoms with van der Waals surface area (Å²) in [4.78, 5) is 24.5. The van der Waals surface area contributed by atoms with Crippen molar-refractivity contribution in [3.8, 4) is 5.75 Å². The van der Waals surface area contributed by atoms with Gasteiger partial charge in [0.2, 0.25) is 0 Å². The lowest BCUT2D eigenvalue weighted by atomic mass is 10.0. The van der Waals surface area contributed by atoms with Crippen molar-refractivity contribution in [2.75, 3.05) is 13.7 Å². The van der Waals surface area contributed by atoms with Gasteiger partial charge < -0.3 is 9.47 Å². The summed E-state index contributed by atoms with van der Waals surface area (Å²) in [5, 5.41) is 0.460. The van der Waals surface area contributed by atoms with Gasteiger partial charge in [0.15, 0.2) is 5.75 Å². The van der Waals surface area contributed by atoms with Gasteiger partial charge in [-0.2, -0.15) is 0 Å². The summed E-state index contributed by atoms with van der Waals surface area (Å²) in [7, 11) is 1.20. The van der Waals surface area contributed by atoms with Crippen LogP contribution in [-0.2, 0) is 4.74 Å². The van der Waals surface area contributed by atoms with Crippen LogP contribution >= 0.6 is 15.9 Å². The Morgan fingerprint density at radius 3 is 2.86 bits per heavy atom. The first-order valence-electron chi connectivity index (χ1n) is 6.66. The van der Waals surface area contributed by atoms with Gasteiger partial charge in [0.05, 0.1) is 23.1 Å². The molecule has 116 valence electrons. The highest BCUT2D eigenvalue weighted by molar-refractivity contribution is 9.10. The minimum Gasteiger partial charge on any atom is -0.488 e. The summed E-state index contributed by atoms with van der Waals surface area (Å²) in [6.07, 6.45) is 0. The molecule has 0 spiro atoms. The van der Waals surface area contributed by atoms with Gasteiger partial charge >= 0.3 is 5.97 Å². The Kier molecular flexibility index (Phi) is 3.47. The van der Waals surface area contributed by atoms with Crippen LogP contribution in [0.15, 0.2) is 15.3 Å². The van der Waals surface area contributed by atoms with Crippen molar-refractivity contribution in [1.29, 1.82) is 0 Å². The van der Waals surface area contributed by atoms with Gasteiger partial charge in [-0.1, -0.05) is 0 Å². The largest absolute Gasteiger partial charge is 0.488 e. The average molecular weight is 370 g/mol. The molecule has 1 aliphatic rings. The van der Waals surface area contributed by atoms with E-state index >= 15 is 0 Å². The van der Waals surface area contributed by atoms with Gasteiger partial charge in [0.1, 0.15) is 18.0 Å². The van der Waals surface area contributed by atoms with Crippen LogP contribution in [0, 0.1) is 12.7 Å².